The van der Waals surface area contributed by atoms with Crippen LogP contribution in [-0.4, -0.2) is 53.7 Å². The van der Waals surface area contributed by atoms with Crippen LogP contribution < -0.4 is 10.1 Å². The molecule has 3 N–H and O–H groups in total. The van der Waals surface area contributed by atoms with Crippen molar-refractivity contribution in [3.8, 4) is 17.0 Å². The Hall–Kier alpha value is -4.03. The van der Waals surface area contributed by atoms with Crippen molar-refractivity contribution in [1.29, 1.82) is 0 Å². The number of carbonyl (C=O) groups is 2. The van der Waals surface area contributed by atoms with Crippen LogP contribution in [0.15, 0.2) is 71.9 Å². The Morgan fingerprint density at radius 2 is 1.82 bits per heavy atom. The number of benzene rings is 1. The number of methoxy groups -OCH3 is 1. The molecule has 34 heavy (non-hydrogen) atoms. The van der Waals surface area contributed by atoms with E-state index in [-0.39, 0.29) is 16.2 Å². The molecule has 12 heteroatoms. The van der Waals surface area contributed by atoms with Crippen LogP contribution in [0, 0.1) is 5.95 Å². The molecule has 0 radical (unpaired) electrons. The van der Waals surface area contributed by atoms with Crippen LogP contribution in [0.2, 0.25) is 0 Å². The maximum Gasteiger partial charge on any atom is 0.328 e. The van der Waals surface area contributed by atoms with Crippen LogP contribution in [-0.2, 0) is 26.2 Å². The fourth-order valence-electron chi connectivity index (χ4n) is 2.79. The molecule has 3 rings (SSSR count). The highest BCUT2D eigenvalue weighted by Gasteiger charge is 2.24. The van der Waals surface area contributed by atoms with Gasteiger partial charge >= 0.3 is 11.9 Å². The van der Waals surface area contributed by atoms with E-state index >= 15 is 0 Å². The monoisotopic (exact) mass is 491 g/mol. The van der Waals surface area contributed by atoms with Crippen LogP contribution in [0.4, 0.5) is 4.39 Å². The van der Waals surface area contributed by atoms with Crippen molar-refractivity contribution in [3.05, 3.63) is 78.5 Å². The Bertz CT molecular complexity index is 1290. The van der Waals surface area contributed by atoms with Crippen molar-refractivity contribution in [2.45, 2.75) is 11.4 Å². The van der Waals surface area contributed by atoms with Gasteiger partial charge in [-0.1, -0.05) is 6.07 Å². The normalized spacial score (nSPS) is 11.0. The van der Waals surface area contributed by atoms with Crippen LogP contribution in [0.5, 0.6) is 5.75 Å². The second-order valence-corrected chi connectivity index (χ2v) is 8.41. The van der Waals surface area contributed by atoms with E-state index < -0.39 is 27.9 Å². The second-order valence-electron chi connectivity index (χ2n) is 6.60. The first-order valence-electron chi connectivity index (χ1n) is 9.60. The van der Waals surface area contributed by atoms with Crippen LogP contribution in [0.3, 0.4) is 0 Å². The lowest BCUT2D eigenvalue weighted by Gasteiger charge is -2.11. The average Bonchev–Trinajstić information content (AvgIpc) is 3.23. The van der Waals surface area contributed by atoms with Gasteiger partial charge in [0.05, 0.1) is 23.3 Å². The molecule has 0 saturated heterocycles. The molecule has 0 saturated carbocycles. The maximum absolute atomic E-state index is 14.2. The summed E-state index contributed by atoms with van der Waals surface area (Å²) < 4.78 is 46.7. The number of carboxylic acids is 2. The molecule has 0 atom stereocenters. The molecule has 2 heterocycles. The molecule has 180 valence electrons. The lowest BCUT2D eigenvalue weighted by atomic mass is 10.2. The van der Waals surface area contributed by atoms with Crippen molar-refractivity contribution >= 4 is 22.0 Å². The molecule has 0 aliphatic heterocycles. The highest BCUT2D eigenvalue weighted by atomic mass is 32.2. The van der Waals surface area contributed by atoms with E-state index in [2.05, 4.69) is 10.3 Å². The lowest BCUT2D eigenvalue weighted by molar-refractivity contribution is -0.134. The summed E-state index contributed by atoms with van der Waals surface area (Å²) in [7, 11) is -0.741. The Balaban J connectivity index is 0.000000440. The summed E-state index contributed by atoms with van der Waals surface area (Å²) in [6.45, 7) is 0.440. The summed E-state index contributed by atoms with van der Waals surface area (Å²) in [5, 5.41) is 18.6. The standard InChI is InChI=1S/C18H18FN3O3S.C4H4O4/c1-20-11-13-9-17(16-7-4-8-21-18(16)19)22(12-13)26(23,24)15-6-3-5-14(10-15)25-2;5-3(6)1-2-4(7)8/h3-10,12,20H,11H2,1-2H3;1-2H,(H,5,6)(H,7,8)/b;2-1+. The van der Waals surface area contributed by atoms with Crippen molar-refractivity contribution in [1.82, 2.24) is 14.3 Å². The Labute approximate surface area is 195 Å². The number of hydrogen-bond donors (Lipinski definition) is 3. The van der Waals surface area contributed by atoms with E-state index in [1.807, 2.05) is 0 Å². The van der Waals surface area contributed by atoms with E-state index in [1.54, 1.807) is 31.3 Å². The highest BCUT2D eigenvalue weighted by molar-refractivity contribution is 7.90. The predicted octanol–water partition coefficient (Wildman–Crippen LogP) is 2.37. The quantitative estimate of drug-likeness (QED) is 0.319. The van der Waals surface area contributed by atoms with Crippen molar-refractivity contribution in [3.63, 3.8) is 0 Å². The molecular weight excluding hydrogens is 469 g/mol. The minimum Gasteiger partial charge on any atom is -0.497 e. The third-order valence-corrected chi connectivity index (χ3v) is 5.89. The number of aromatic nitrogens is 2. The Kier molecular flexibility index (Phi) is 9.04. The molecule has 1 aromatic carbocycles. The van der Waals surface area contributed by atoms with Gasteiger partial charge in [0, 0.05) is 37.2 Å². The number of pyridine rings is 1. The molecule has 0 aliphatic carbocycles. The summed E-state index contributed by atoms with van der Waals surface area (Å²) in [6, 6.07) is 10.8. The number of hydrogen-bond acceptors (Lipinski definition) is 7. The van der Waals surface area contributed by atoms with Gasteiger partial charge in [-0.05, 0) is 42.9 Å². The van der Waals surface area contributed by atoms with Gasteiger partial charge in [-0.25, -0.2) is 27.0 Å². The summed E-state index contributed by atoms with van der Waals surface area (Å²) in [5.41, 5.74) is 1.03. The molecule has 3 aromatic rings. The van der Waals surface area contributed by atoms with Gasteiger partial charge in [0.2, 0.25) is 5.95 Å². The van der Waals surface area contributed by atoms with Gasteiger partial charge in [-0.2, -0.15) is 4.39 Å². The van der Waals surface area contributed by atoms with Gasteiger partial charge in [-0.15, -0.1) is 0 Å². The molecule has 0 amide bonds. The van der Waals surface area contributed by atoms with E-state index in [4.69, 9.17) is 14.9 Å². The molecule has 0 spiro atoms. The second kappa shape index (κ2) is 11.7. The summed E-state index contributed by atoms with van der Waals surface area (Å²) in [6.07, 6.45) is 3.91. The number of nitrogens with zero attached hydrogens (tertiary/aromatic N) is 2. The smallest absolute Gasteiger partial charge is 0.328 e. The Morgan fingerprint density at radius 3 is 2.38 bits per heavy atom. The van der Waals surface area contributed by atoms with Gasteiger partial charge in [-0.3, -0.25) is 0 Å². The number of rotatable bonds is 8. The first kappa shape index (κ1) is 26.2. The van der Waals surface area contributed by atoms with E-state index in [0.29, 0.717) is 30.0 Å². The van der Waals surface area contributed by atoms with Crippen molar-refractivity contribution < 1.29 is 37.3 Å². The number of nitrogens with one attached hydrogen (secondary N) is 1. The molecule has 0 fully saturated rings. The first-order valence-corrected chi connectivity index (χ1v) is 11.0. The largest absolute Gasteiger partial charge is 0.497 e. The highest BCUT2D eigenvalue weighted by Crippen LogP contribution is 2.29. The summed E-state index contributed by atoms with van der Waals surface area (Å²) in [5.74, 6) is -2.83. The average molecular weight is 491 g/mol. The fraction of sp³-hybridized carbons (Fsp3) is 0.136. The zero-order chi connectivity index (χ0) is 25.3. The van der Waals surface area contributed by atoms with Crippen molar-refractivity contribution in [2.24, 2.45) is 0 Å². The topological polar surface area (TPSA) is 148 Å². The van der Waals surface area contributed by atoms with Gasteiger partial charge < -0.3 is 20.3 Å². The predicted molar refractivity (Wildman–Crippen MR) is 120 cm³/mol. The number of aliphatic carboxylic acids is 2. The third kappa shape index (κ3) is 6.73. The molecule has 0 bridgehead atoms. The first-order chi connectivity index (χ1) is 16.1. The van der Waals surface area contributed by atoms with Gasteiger partial charge in [0.1, 0.15) is 5.75 Å². The third-order valence-electron chi connectivity index (χ3n) is 4.23. The van der Waals surface area contributed by atoms with Crippen LogP contribution in [0.1, 0.15) is 5.56 Å². The fourth-order valence-corrected chi connectivity index (χ4v) is 4.21. The minimum absolute atomic E-state index is 0.0500. The zero-order valence-electron chi connectivity index (χ0n) is 18.2. The van der Waals surface area contributed by atoms with E-state index in [9.17, 15) is 22.4 Å². The lowest BCUT2D eigenvalue weighted by Crippen LogP contribution is -2.14. The maximum atomic E-state index is 14.2. The summed E-state index contributed by atoms with van der Waals surface area (Å²) >= 11 is 0. The molecule has 0 unspecified atom stereocenters. The summed E-state index contributed by atoms with van der Waals surface area (Å²) in [4.78, 5) is 22.8. The van der Waals surface area contributed by atoms with Gasteiger partial charge in [0.15, 0.2) is 0 Å². The van der Waals surface area contributed by atoms with E-state index in [0.717, 1.165) is 3.97 Å². The van der Waals surface area contributed by atoms with Crippen LogP contribution in [0.25, 0.3) is 11.3 Å². The SMILES string of the molecule is CNCc1cc(-c2cccnc2F)n(S(=O)(=O)c2cccc(OC)c2)c1.O=C(O)/C=C/C(=O)O. The Morgan fingerprint density at radius 1 is 1.15 bits per heavy atom. The minimum atomic E-state index is -3.95. The number of ether oxygens (including phenoxy) is 1. The van der Waals surface area contributed by atoms with Crippen LogP contribution >= 0.6 is 0 Å². The van der Waals surface area contributed by atoms with Gasteiger partial charge in [0.25, 0.3) is 10.0 Å². The van der Waals surface area contributed by atoms with E-state index in [1.165, 1.54) is 37.7 Å². The molecular formula is C22H22FN3O7S. The molecule has 0 aliphatic rings. The molecule has 2 aromatic heterocycles. The number of carboxylic acid groups (broad SMARTS) is 2. The number of halogens is 1. The molecule has 10 nitrogen and oxygen atoms in total. The van der Waals surface area contributed by atoms with Crippen molar-refractivity contribution in [2.75, 3.05) is 14.2 Å². The zero-order valence-corrected chi connectivity index (χ0v) is 19.0.